The van der Waals surface area contributed by atoms with E-state index in [9.17, 15) is 19.2 Å². The number of imide groups is 1. The van der Waals surface area contributed by atoms with Crippen LogP contribution < -0.4 is 16.2 Å². The van der Waals surface area contributed by atoms with E-state index in [2.05, 4.69) is 63.7 Å². The van der Waals surface area contributed by atoms with Crippen LogP contribution in [0.1, 0.15) is 53.0 Å². The summed E-state index contributed by atoms with van der Waals surface area (Å²) in [5, 5.41) is 13.4. The molecule has 1 saturated heterocycles. The molecule has 266 valence electrons. The number of aryl methyl sites for hydroxylation is 3. The molecule has 3 aromatic carbocycles. The van der Waals surface area contributed by atoms with Crippen molar-refractivity contribution in [2.75, 3.05) is 6.54 Å². The number of pyridine rings is 3. The third-order valence-corrected chi connectivity index (χ3v) is 10.0. The lowest BCUT2D eigenvalue weighted by molar-refractivity contribution is -0.135. The molecular formula is C43H35N7O4. The van der Waals surface area contributed by atoms with Crippen LogP contribution in [0.15, 0.2) is 96.2 Å². The number of nitrogens with one attached hydrogen (secondary N) is 2. The Morgan fingerprint density at radius 1 is 0.907 bits per heavy atom. The first-order valence-electron chi connectivity index (χ1n) is 17.8. The summed E-state index contributed by atoms with van der Waals surface area (Å²) in [6, 6.07) is 23.0. The lowest BCUT2D eigenvalue weighted by Gasteiger charge is -2.21. The zero-order valence-corrected chi connectivity index (χ0v) is 29.9. The van der Waals surface area contributed by atoms with Crippen molar-refractivity contribution in [2.24, 2.45) is 7.05 Å². The Morgan fingerprint density at radius 3 is 2.57 bits per heavy atom. The molecule has 4 aromatic heterocycles. The third kappa shape index (κ3) is 6.28. The Balaban J connectivity index is 0.978. The van der Waals surface area contributed by atoms with Crippen LogP contribution in [-0.4, -0.2) is 48.6 Å². The van der Waals surface area contributed by atoms with Crippen molar-refractivity contribution in [3.05, 3.63) is 124 Å². The highest BCUT2D eigenvalue weighted by atomic mass is 16.2. The minimum atomic E-state index is -0.564. The van der Waals surface area contributed by atoms with E-state index in [1.807, 2.05) is 62.6 Å². The monoisotopic (exact) mass is 713 g/mol. The molecule has 7 aromatic rings. The van der Waals surface area contributed by atoms with Gasteiger partial charge in [0, 0.05) is 58.7 Å². The van der Waals surface area contributed by atoms with Gasteiger partial charge in [-0.15, -0.1) is 0 Å². The number of aromatic nitrogens is 5. The minimum Gasteiger partial charge on any atom is -0.340 e. The molecule has 0 radical (unpaired) electrons. The maximum absolute atomic E-state index is 12.9. The van der Waals surface area contributed by atoms with Gasteiger partial charge < -0.3 is 9.88 Å². The summed E-state index contributed by atoms with van der Waals surface area (Å²) >= 11 is 0. The van der Waals surface area contributed by atoms with E-state index in [0.29, 0.717) is 17.5 Å². The molecule has 1 aliphatic heterocycles. The van der Waals surface area contributed by atoms with Gasteiger partial charge in [0.05, 0.1) is 29.5 Å². The molecule has 11 heteroatoms. The molecule has 0 bridgehead atoms. The summed E-state index contributed by atoms with van der Waals surface area (Å²) in [5.41, 5.74) is 8.04. The number of hydrogen-bond donors (Lipinski definition) is 2. The first-order valence-corrected chi connectivity index (χ1v) is 17.8. The van der Waals surface area contributed by atoms with E-state index >= 15 is 0 Å². The van der Waals surface area contributed by atoms with Crippen LogP contribution in [0.5, 0.6) is 0 Å². The normalized spacial score (nSPS) is 14.2. The van der Waals surface area contributed by atoms with Gasteiger partial charge in [-0.05, 0) is 90.4 Å². The van der Waals surface area contributed by atoms with E-state index < -0.39 is 6.04 Å². The van der Waals surface area contributed by atoms with Crippen molar-refractivity contribution in [2.45, 2.75) is 39.2 Å². The van der Waals surface area contributed by atoms with Gasteiger partial charge in [-0.25, -0.2) is 0 Å². The lowest BCUT2D eigenvalue weighted by Crippen LogP contribution is -2.42. The first kappa shape index (κ1) is 34.2. The number of carbonyl (C=O) groups is 3. The molecule has 1 aliphatic rings. The summed E-state index contributed by atoms with van der Waals surface area (Å²) in [4.78, 5) is 58.9. The average molecular weight is 714 g/mol. The van der Waals surface area contributed by atoms with Gasteiger partial charge in [-0.3, -0.25) is 39.1 Å². The fraction of sp³-hybridized carbons (Fsp3) is 0.186. The minimum absolute atomic E-state index is 0.00127. The molecule has 1 atom stereocenters. The predicted molar refractivity (Wildman–Crippen MR) is 208 cm³/mol. The highest BCUT2D eigenvalue weighted by Gasteiger charge is 2.29. The van der Waals surface area contributed by atoms with Gasteiger partial charge >= 0.3 is 0 Å². The zero-order valence-electron chi connectivity index (χ0n) is 29.9. The fourth-order valence-electron chi connectivity index (χ4n) is 7.09. The second kappa shape index (κ2) is 13.9. The van der Waals surface area contributed by atoms with Crippen LogP contribution in [0.3, 0.4) is 0 Å². The number of nitrogens with zero attached hydrogens (tertiary/aromatic N) is 5. The maximum atomic E-state index is 12.9. The zero-order chi connectivity index (χ0) is 37.5. The van der Waals surface area contributed by atoms with Crippen LogP contribution in [0.25, 0.3) is 55.0 Å². The maximum Gasteiger partial charge on any atom is 0.270 e. The van der Waals surface area contributed by atoms with Crippen molar-refractivity contribution in [3.63, 3.8) is 0 Å². The van der Waals surface area contributed by atoms with Crippen molar-refractivity contribution in [1.29, 1.82) is 0 Å². The highest BCUT2D eigenvalue weighted by Crippen LogP contribution is 2.36. The van der Waals surface area contributed by atoms with Crippen LogP contribution in [-0.2, 0) is 23.1 Å². The third-order valence-electron chi connectivity index (χ3n) is 10.0. The van der Waals surface area contributed by atoms with Crippen molar-refractivity contribution in [3.8, 4) is 34.2 Å². The SMILES string of the molecule is CCc1cc(-c2cccc3cc(-c4ccc(C(=O)NCC#Cc5ccc6cnn(C7CCC(=O)NC7=O)c6c5)nc4)ncc23)c2cc(C)c(=O)n(C)c2c1. The lowest BCUT2D eigenvalue weighted by atomic mass is 9.93. The smallest absolute Gasteiger partial charge is 0.270 e. The van der Waals surface area contributed by atoms with E-state index in [-0.39, 0.29) is 41.9 Å². The average Bonchev–Trinajstić information content (AvgIpc) is 3.61. The Labute approximate surface area is 310 Å². The first-order chi connectivity index (χ1) is 26.2. The van der Waals surface area contributed by atoms with Gasteiger partial charge in [0.25, 0.3) is 17.4 Å². The van der Waals surface area contributed by atoms with E-state index in [1.165, 1.54) is 0 Å². The molecular weight excluding hydrogens is 679 g/mol. The van der Waals surface area contributed by atoms with Crippen LogP contribution in [0.2, 0.25) is 0 Å². The number of piperidine rings is 1. The summed E-state index contributed by atoms with van der Waals surface area (Å²) < 4.78 is 3.36. The van der Waals surface area contributed by atoms with Gasteiger partial charge in [0.1, 0.15) is 11.7 Å². The van der Waals surface area contributed by atoms with Crippen molar-refractivity contribution in [1.82, 2.24) is 34.9 Å². The van der Waals surface area contributed by atoms with E-state index in [4.69, 9.17) is 4.98 Å². The number of hydrogen-bond acceptors (Lipinski definition) is 7. The standard InChI is InChI=1S/C43H35N7O4/c1-4-26-18-32(33-17-25(2)43(54)49(3)39(33)19-26)31-9-5-8-28-21-36(46-24-34(28)31)29-12-13-35(45-22-29)41(52)44-16-6-7-27-10-11-30-23-47-50(38(30)20-27)37-14-15-40(51)48-42(37)53/h5,8-13,17-24,37H,4,14-16H2,1-3H3,(H,44,52)(H,48,51,53). The largest absolute Gasteiger partial charge is 0.340 e. The molecule has 1 unspecified atom stereocenters. The molecule has 0 aliphatic carbocycles. The summed E-state index contributed by atoms with van der Waals surface area (Å²) in [6.45, 7) is 4.06. The summed E-state index contributed by atoms with van der Waals surface area (Å²) in [5.74, 6) is 5.04. The quantitative estimate of drug-likeness (QED) is 0.164. The van der Waals surface area contributed by atoms with Gasteiger partial charge in [-0.1, -0.05) is 43.0 Å². The summed E-state index contributed by atoms with van der Waals surface area (Å²) in [7, 11) is 1.82. The van der Waals surface area contributed by atoms with Gasteiger partial charge in [0.15, 0.2) is 0 Å². The second-order valence-corrected chi connectivity index (χ2v) is 13.5. The Bertz CT molecular complexity index is 2810. The molecule has 8 rings (SSSR count). The molecule has 1 fully saturated rings. The molecule has 2 N–H and O–H groups in total. The number of carbonyl (C=O) groups excluding carboxylic acids is 3. The molecule has 3 amide bonds. The van der Waals surface area contributed by atoms with Gasteiger partial charge in [-0.2, -0.15) is 5.10 Å². The topological polar surface area (TPSA) is 141 Å². The van der Waals surface area contributed by atoms with Crippen molar-refractivity contribution >= 4 is 50.3 Å². The molecule has 54 heavy (non-hydrogen) atoms. The number of benzene rings is 3. The Morgan fingerprint density at radius 2 is 1.78 bits per heavy atom. The van der Waals surface area contributed by atoms with Crippen LogP contribution in [0.4, 0.5) is 0 Å². The van der Waals surface area contributed by atoms with E-state index in [0.717, 1.165) is 66.9 Å². The van der Waals surface area contributed by atoms with Gasteiger partial charge in [0.2, 0.25) is 5.91 Å². The fourth-order valence-corrected chi connectivity index (χ4v) is 7.09. The summed E-state index contributed by atoms with van der Waals surface area (Å²) in [6.07, 6.45) is 6.68. The van der Waals surface area contributed by atoms with Crippen LogP contribution >= 0.6 is 0 Å². The van der Waals surface area contributed by atoms with Crippen LogP contribution in [0, 0.1) is 18.8 Å². The molecule has 0 spiro atoms. The Kier molecular flexibility index (Phi) is 8.79. The number of amides is 3. The highest BCUT2D eigenvalue weighted by molar-refractivity contribution is 6.05. The second-order valence-electron chi connectivity index (χ2n) is 13.5. The Hall–Kier alpha value is -6.93. The molecule has 0 saturated carbocycles. The van der Waals surface area contributed by atoms with E-state index in [1.54, 1.807) is 27.7 Å². The predicted octanol–water partition coefficient (Wildman–Crippen LogP) is 5.80. The molecule has 5 heterocycles. The molecule has 11 nitrogen and oxygen atoms in total. The number of rotatable bonds is 6. The van der Waals surface area contributed by atoms with Crippen molar-refractivity contribution < 1.29 is 14.4 Å². The number of fused-ring (bicyclic) bond motifs is 3.